The minimum atomic E-state index is 0.625. The molecule has 2 unspecified atom stereocenters. The highest BCUT2D eigenvalue weighted by Crippen LogP contribution is 2.30. The molecule has 1 fully saturated rings. The predicted octanol–water partition coefficient (Wildman–Crippen LogP) is 3.08. The summed E-state index contributed by atoms with van der Waals surface area (Å²) in [5.41, 5.74) is 1.10. The van der Waals surface area contributed by atoms with E-state index in [-0.39, 0.29) is 0 Å². The van der Waals surface area contributed by atoms with E-state index >= 15 is 0 Å². The van der Waals surface area contributed by atoms with E-state index in [9.17, 15) is 0 Å². The van der Waals surface area contributed by atoms with Crippen molar-refractivity contribution in [2.24, 2.45) is 5.92 Å². The summed E-state index contributed by atoms with van der Waals surface area (Å²) < 4.78 is 5.04. The van der Waals surface area contributed by atoms with Gasteiger partial charge in [-0.05, 0) is 24.8 Å². The molecule has 0 bridgehead atoms. The lowest BCUT2D eigenvalue weighted by atomic mass is 10.0. The van der Waals surface area contributed by atoms with Crippen LogP contribution in [0, 0.1) is 5.92 Å². The Hall–Kier alpha value is -1.25. The molecule has 16 heavy (non-hydrogen) atoms. The second-order valence-corrected chi connectivity index (χ2v) is 4.44. The van der Waals surface area contributed by atoms with Crippen molar-refractivity contribution in [3.63, 3.8) is 0 Å². The lowest BCUT2D eigenvalue weighted by Gasteiger charge is -2.20. The van der Waals surface area contributed by atoms with Gasteiger partial charge in [-0.1, -0.05) is 19.8 Å². The third-order valence-corrected chi connectivity index (χ3v) is 3.48. The van der Waals surface area contributed by atoms with Crippen LogP contribution in [0.4, 0.5) is 5.69 Å². The average Bonchev–Trinajstić information content (AvgIpc) is 2.77. The maximum atomic E-state index is 5.04. The van der Waals surface area contributed by atoms with Gasteiger partial charge in [0.25, 0.3) is 0 Å². The summed E-state index contributed by atoms with van der Waals surface area (Å²) in [7, 11) is 1.64. The number of anilines is 1. The van der Waals surface area contributed by atoms with Gasteiger partial charge in [0.2, 0.25) is 5.88 Å². The second kappa shape index (κ2) is 5.19. The molecule has 3 nitrogen and oxygen atoms in total. The normalized spacial score (nSPS) is 24.4. The van der Waals surface area contributed by atoms with Crippen LogP contribution in [0.3, 0.4) is 0 Å². The molecule has 0 spiro atoms. The van der Waals surface area contributed by atoms with Gasteiger partial charge in [0.1, 0.15) is 0 Å². The van der Waals surface area contributed by atoms with Gasteiger partial charge in [0.15, 0.2) is 0 Å². The van der Waals surface area contributed by atoms with E-state index in [4.69, 9.17) is 4.74 Å². The van der Waals surface area contributed by atoms with Crippen molar-refractivity contribution in [1.29, 1.82) is 0 Å². The van der Waals surface area contributed by atoms with Gasteiger partial charge in [-0.25, -0.2) is 4.98 Å². The molecule has 0 amide bonds. The Morgan fingerprint density at radius 2 is 2.31 bits per heavy atom. The monoisotopic (exact) mass is 220 g/mol. The SMILES string of the molecule is CCC1CCCC1Nc1ccc(OC)nc1. The molecule has 1 aromatic rings. The fourth-order valence-corrected chi connectivity index (χ4v) is 2.52. The van der Waals surface area contributed by atoms with Gasteiger partial charge in [-0.3, -0.25) is 0 Å². The number of rotatable bonds is 4. The van der Waals surface area contributed by atoms with E-state index < -0.39 is 0 Å². The summed E-state index contributed by atoms with van der Waals surface area (Å²) in [5.74, 6) is 1.49. The van der Waals surface area contributed by atoms with Crippen LogP contribution in [-0.4, -0.2) is 18.1 Å². The average molecular weight is 220 g/mol. The van der Waals surface area contributed by atoms with Crippen molar-refractivity contribution in [3.8, 4) is 5.88 Å². The molecule has 1 N–H and O–H groups in total. The molecule has 0 radical (unpaired) electrons. The number of methoxy groups -OCH3 is 1. The molecule has 1 aliphatic rings. The molecule has 1 saturated carbocycles. The zero-order valence-corrected chi connectivity index (χ0v) is 10.1. The zero-order chi connectivity index (χ0) is 11.4. The van der Waals surface area contributed by atoms with E-state index in [1.54, 1.807) is 7.11 Å². The maximum Gasteiger partial charge on any atom is 0.213 e. The molecule has 0 saturated heterocycles. The van der Waals surface area contributed by atoms with Crippen molar-refractivity contribution in [2.75, 3.05) is 12.4 Å². The van der Waals surface area contributed by atoms with E-state index in [0.717, 1.165) is 11.6 Å². The van der Waals surface area contributed by atoms with Crippen LogP contribution in [0.5, 0.6) is 5.88 Å². The fraction of sp³-hybridized carbons (Fsp3) is 0.615. The third kappa shape index (κ3) is 2.46. The number of hydrogen-bond donors (Lipinski definition) is 1. The van der Waals surface area contributed by atoms with Crippen LogP contribution < -0.4 is 10.1 Å². The van der Waals surface area contributed by atoms with Crippen LogP contribution in [0.15, 0.2) is 18.3 Å². The Labute approximate surface area is 97.2 Å². The van der Waals surface area contributed by atoms with Crippen LogP contribution in [0.25, 0.3) is 0 Å². The Kier molecular flexibility index (Phi) is 3.65. The fourth-order valence-electron chi connectivity index (χ4n) is 2.52. The summed E-state index contributed by atoms with van der Waals surface area (Å²) in [4.78, 5) is 4.21. The smallest absolute Gasteiger partial charge is 0.213 e. The van der Waals surface area contributed by atoms with Crippen molar-refractivity contribution < 1.29 is 4.74 Å². The van der Waals surface area contributed by atoms with E-state index in [0.29, 0.717) is 11.9 Å². The van der Waals surface area contributed by atoms with Gasteiger partial charge in [-0.15, -0.1) is 0 Å². The first-order valence-electron chi connectivity index (χ1n) is 6.10. The Bertz CT molecular complexity index is 323. The van der Waals surface area contributed by atoms with Crippen LogP contribution in [0.2, 0.25) is 0 Å². The van der Waals surface area contributed by atoms with Gasteiger partial charge >= 0.3 is 0 Å². The van der Waals surface area contributed by atoms with Gasteiger partial charge in [-0.2, -0.15) is 0 Å². The zero-order valence-electron chi connectivity index (χ0n) is 10.1. The van der Waals surface area contributed by atoms with Gasteiger partial charge < -0.3 is 10.1 Å². The highest BCUT2D eigenvalue weighted by atomic mass is 16.5. The summed E-state index contributed by atoms with van der Waals surface area (Å²) in [6.45, 7) is 2.27. The van der Waals surface area contributed by atoms with Gasteiger partial charge in [0, 0.05) is 12.1 Å². The molecule has 3 heteroatoms. The highest BCUT2D eigenvalue weighted by Gasteiger charge is 2.25. The van der Waals surface area contributed by atoms with E-state index in [1.807, 2.05) is 18.3 Å². The molecular formula is C13H20N2O. The maximum absolute atomic E-state index is 5.04. The molecular weight excluding hydrogens is 200 g/mol. The molecule has 1 aromatic heterocycles. The number of ether oxygens (including phenoxy) is 1. The second-order valence-electron chi connectivity index (χ2n) is 4.44. The third-order valence-electron chi connectivity index (χ3n) is 3.48. The van der Waals surface area contributed by atoms with Crippen molar-refractivity contribution >= 4 is 5.69 Å². The largest absolute Gasteiger partial charge is 0.481 e. The van der Waals surface area contributed by atoms with E-state index in [2.05, 4.69) is 17.2 Å². The quantitative estimate of drug-likeness (QED) is 0.846. The Balaban J connectivity index is 1.97. The lowest BCUT2D eigenvalue weighted by Crippen LogP contribution is -2.23. The summed E-state index contributed by atoms with van der Waals surface area (Å²) in [6.07, 6.45) is 7.10. The molecule has 1 aliphatic carbocycles. The van der Waals surface area contributed by atoms with Crippen LogP contribution in [-0.2, 0) is 0 Å². The van der Waals surface area contributed by atoms with Crippen molar-refractivity contribution in [3.05, 3.63) is 18.3 Å². The first-order chi connectivity index (χ1) is 7.83. The van der Waals surface area contributed by atoms with Crippen molar-refractivity contribution in [2.45, 2.75) is 38.6 Å². The minimum Gasteiger partial charge on any atom is -0.481 e. The lowest BCUT2D eigenvalue weighted by molar-refractivity contribution is 0.398. The number of aromatic nitrogens is 1. The molecule has 0 aliphatic heterocycles. The molecule has 1 heterocycles. The highest BCUT2D eigenvalue weighted by molar-refractivity contribution is 5.43. The topological polar surface area (TPSA) is 34.1 Å². The molecule has 2 atom stereocenters. The molecule has 2 rings (SSSR count). The molecule has 0 aromatic carbocycles. The predicted molar refractivity (Wildman–Crippen MR) is 65.8 cm³/mol. The minimum absolute atomic E-state index is 0.625. The van der Waals surface area contributed by atoms with Crippen LogP contribution in [0.1, 0.15) is 32.6 Å². The summed E-state index contributed by atoms with van der Waals surface area (Å²) >= 11 is 0. The summed E-state index contributed by atoms with van der Waals surface area (Å²) in [5, 5.41) is 3.58. The van der Waals surface area contributed by atoms with E-state index in [1.165, 1.54) is 25.7 Å². The molecule has 88 valence electrons. The van der Waals surface area contributed by atoms with Gasteiger partial charge in [0.05, 0.1) is 19.0 Å². The number of pyridine rings is 1. The van der Waals surface area contributed by atoms with Crippen LogP contribution >= 0.6 is 0 Å². The summed E-state index contributed by atoms with van der Waals surface area (Å²) in [6, 6.07) is 4.56. The Morgan fingerprint density at radius 3 is 2.94 bits per heavy atom. The van der Waals surface area contributed by atoms with Crippen molar-refractivity contribution in [1.82, 2.24) is 4.98 Å². The first-order valence-corrected chi connectivity index (χ1v) is 6.10. The first kappa shape index (κ1) is 11.2. The number of nitrogens with zero attached hydrogens (tertiary/aromatic N) is 1. The number of hydrogen-bond acceptors (Lipinski definition) is 3. The Morgan fingerprint density at radius 1 is 1.44 bits per heavy atom. The standard InChI is InChI=1S/C13H20N2O/c1-3-10-5-4-6-12(10)15-11-7-8-13(16-2)14-9-11/h7-10,12,15H,3-6H2,1-2H3. The number of nitrogens with one attached hydrogen (secondary N) is 1.